The molecule has 0 saturated carbocycles. The number of ether oxygens (including phenoxy) is 1. The van der Waals surface area contributed by atoms with Crippen LogP contribution in [0.3, 0.4) is 0 Å². The van der Waals surface area contributed by atoms with Gasteiger partial charge < -0.3 is 15.2 Å². The van der Waals surface area contributed by atoms with Crippen molar-refractivity contribution in [1.82, 2.24) is 4.98 Å². The van der Waals surface area contributed by atoms with Crippen molar-refractivity contribution in [3.8, 4) is 0 Å². The first-order valence-electron chi connectivity index (χ1n) is 6.91. The molecule has 2 rings (SSSR count). The molecule has 0 amide bonds. The third kappa shape index (κ3) is 3.70. The van der Waals surface area contributed by atoms with E-state index in [4.69, 9.17) is 4.74 Å². The summed E-state index contributed by atoms with van der Waals surface area (Å²) in [7, 11) is 0. The lowest BCUT2D eigenvalue weighted by Gasteiger charge is -2.26. The van der Waals surface area contributed by atoms with Crippen LogP contribution in [0, 0.1) is 5.41 Å². The molecule has 1 atom stereocenters. The van der Waals surface area contributed by atoms with Crippen LogP contribution in [0.25, 0.3) is 0 Å². The molecule has 2 heterocycles. The molecule has 5 nitrogen and oxygen atoms in total. The van der Waals surface area contributed by atoms with E-state index < -0.39 is 12.0 Å². The van der Waals surface area contributed by atoms with Crippen LogP contribution in [0.5, 0.6) is 0 Å². The van der Waals surface area contributed by atoms with Gasteiger partial charge >= 0.3 is 5.97 Å². The number of hydrogen-bond donors (Lipinski definition) is 2. The maximum Gasteiger partial charge on any atom is 0.326 e. The number of rotatable bonds is 4. The van der Waals surface area contributed by atoms with Gasteiger partial charge in [0.2, 0.25) is 0 Å². The van der Waals surface area contributed by atoms with Crippen LogP contribution in [-0.2, 0) is 22.6 Å². The molecular formula is C15H22N2O3. The van der Waals surface area contributed by atoms with Gasteiger partial charge in [-0.05, 0) is 29.9 Å². The molecule has 1 unspecified atom stereocenters. The maximum atomic E-state index is 11.4. The number of carboxylic acids is 1. The number of aromatic nitrogens is 1. The summed E-state index contributed by atoms with van der Waals surface area (Å²) in [6.07, 6.45) is 3.02. The molecule has 20 heavy (non-hydrogen) atoms. The molecule has 0 aromatic carbocycles. The first-order chi connectivity index (χ1) is 9.37. The highest BCUT2D eigenvalue weighted by molar-refractivity contribution is 5.77. The number of hydrogen-bond acceptors (Lipinski definition) is 4. The molecule has 0 radical (unpaired) electrons. The fourth-order valence-corrected chi connectivity index (χ4v) is 2.40. The molecule has 0 saturated heterocycles. The van der Waals surface area contributed by atoms with Gasteiger partial charge in [0.1, 0.15) is 11.9 Å². The number of carboxylic acid groups (broad SMARTS) is 1. The third-order valence-electron chi connectivity index (χ3n) is 3.33. The van der Waals surface area contributed by atoms with E-state index in [0.717, 1.165) is 17.5 Å². The van der Waals surface area contributed by atoms with Crippen LogP contribution in [0.15, 0.2) is 12.3 Å². The van der Waals surface area contributed by atoms with Crippen molar-refractivity contribution >= 4 is 11.8 Å². The van der Waals surface area contributed by atoms with Crippen LogP contribution >= 0.6 is 0 Å². The van der Waals surface area contributed by atoms with E-state index in [1.165, 1.54) is 0 Å². The minimum atomic E-state index is -0.841. The summed E-state index contributed by atoms with van der Waals surface area (Å²) in [4.78, 5) is 15.7. The lowest BCUT2D eigenvalue weighted by Crippen LogP contribution is -2.34. The standard InChI is InChI=1S/C15H22N2O3/c1-15(2,3)8-12(14(18)19)17-13-11-5-7-20-9-10(11)4-6-16-13/h4,6,12H,5,7-9H2,1-3H3,(H,16,17)(H,18,19). The third-order valence-corrected chi connectivity index (χ3v) is 3.33. The molecule has 1 aliphatic heterocycles. The molecular weight excluding hydrogens is 256 g/mol. The summed E-state index contributed by atoms with van der Waals surface area (Å²) >= 11 is 0. The summed E-state index contributed by atoms with van der Waals surface area (Å²) in [6, 6.07) is 1.30. The number of nitrogens with one attached hydrogen (secondary N) is 1. The predicted octanol–water partition coefficient (Wildman–Crippen LogP) is 2.46. The minimum Gasteiger partial charge on any atom is -0.480 e. The van der Waals surface area contributed by atoms with Crippen molar-refractivity contribution in [1.29, 1.82) is 0 Å². The molecule has 0 fully saturated rings. The van der Waals surface area contributed by atoms with Gasteiger partial charge in [-0.25, -0.2) is 9.78 Å². The second-order valence-electron chi connectivity index (χ2n) is 6.40. The van der Waals surface area contributed by atoms with Gasteiger partial charge in [-0.2, -0.15) is 0 Å². The van der Waals surface area contributed by atoms with Crippen molar-refractivity contribution in [2.45, 2.75) is 46.3 Å². The van der Waals surface area contributed by atoms with E-state index >= 15 is 0 Å². The van der Waals surface area contributed by atoms with Gasteiger partial charge in [-0.15, -0.1) is 0 Å². The number of nitrogens with zero attached hydrogens (tertiary/aromatic N) is 1. The molecule has 2 N–H and O–H groups in total. The Balaban J connectivity index is 2.21. The van der Waals surface area contributed by atoms with E-state index in [0.29, 0.717) is 25.5 Å². The summed E-state index contributed by atoms with van der Waals surface area (Å²) in [5.74, 6) is -0.158. The second kappa shape index (κ2) is 5.79. The largest absolute Gasteiger partial charge is 0.480 e. The summed E-state index contributed by atoms with van der Waals surface area (Å²) in [5.41, 5.74) is 2.11. The minimum absolute atomic E-state index is 0.0615. The van der Waals surface area contributed by atoms with Crippen molar-refractivity contribution in [2.24, 2.45) is 5.41 Å². The van der Waals surface area contributed by atoms with Gasteiger partial charge in [-0.3, -0.25) is 0 Å². The lowest BCUT2D eigenvalue weighted by atomic mass is 9.88. The van der Waals surface area contributed by atoms with Gasteiger partial charge in [0.15, 0.2) is 0 Å². The quantitative estimate of drug-likeness (QED) is 0.885. The SMILES string of the molecule is CC(C)(C)CC(Nc1nccc2c1CCOC2)C(=O)O. The van der Waals surface area contributed by atoms with Crippen molar-refractivity contribution in [3.05, 3.63) is 23.4 Å². The molecule has 1 aliphatic rings. The topological polar surface area (TPSA) is 71.5 Å². The average Bonchev–Trinajstić information content (AvgIpc) is 2.36. The zero-order valence-electron chi connectivity index (χ0n) is 12.3. The van der Waals surface area contributed by atoms with Crippen molar-refractivity contribution in [2.75, 3.05) is 11.9 Å². The number of pyridine rings is 1. The van der Waals surface area contributed by atoms with E-state index in [-0.39, 0.29) is 5.41 Å². The van der Waals surface area contributed by atoms with E-state index in [1.54, 1.807) is 6.20 Å². The van der Waals surface area contributed by atoms with Crippen molar-refractivity contribution < 1.29 is 14.6 Å². The maximum absolute atomic E-state index is 11.4. The zero-order chi connectivity index (χ0) is 14.8. The molecule has 0 spiro atoms. The van der Waals surface area contributed by atoms with Crippen LogP contribution < -0.4 is 5.32 Å². The molecule has 0 aliphatic carbocycles. The van der Waals surface area contributed by atoms with E-state index in [2.05, 4.69) is 10.3 Å². The highest BCUT2D eigenvalue weighted by Gasteiger charge is 2.26. The Morgan fingerprint density at radius 1 is 1.55 bits per heavy atom. The van der Waals surface area contributed by atoms with Gasteiger partial charge in [-0.1, -0.05) is 20.8 Å². The fraction of sp³-hybridized carbons (Fsp3) is 0.600. The van der Waals surface area contributed by atoms with Gasteiger partial charge in [0.25, 0.3) is 0 Å². The lowest BCUT2D eigenvalue weighted by molar-refractivity contribution is -0.138. The van der Waals surface area contributed by atoms with Crippen LogP contribution in [0.4, 0.5) is 5.82 Å². The first-order valence-corrected chi connectivity index (χ1v) is 6.91. The Morgan fingerprint density at radius 3 is 2.95 bits per heavy atom. The Labute approximate surface area is 119 Å². The van der Waals surface area contributed by atoms with Crippen LogP contribution in [-0.4, -0.2) is 28.7 Å². The smallest absolute Gasteiger partial charge is 0.326 e. The zero-order valence-corrected chi connectivity index (χ0v) is 12.3. The van der Waals surface area contributed by atoms with Crippen molar-refractivity contribution in [3.63, 3.8) is 0 Å². The van der Waals surface area contributed by atoms with E-state index in [9.17, 15) is 9.90 Å². The predicted molar refractivity (Wildman–Crippen MR) is 76.7 cm³/mol. The first kappa shape index (κ1) is 14.8. The number of carbonyl (C=O) groups is 1. The summed E-state index contributed by atoms with van der Waals surface area (Å²) in [6.45, 7) is 7.33. The number of anilines is 1. The van der Waals surface area contributed by atoms with Crippen LogP contribution in [0.1, 0.15) is 38.3 Å². The molecule has 0 bridgehead atoms. The van der Waals surface area contributed by atoms with Crippen LogP contribution in [0.2, 0.25) is 0 Å². The number of fused-ring (bicyclic) bond motifs is 1. The summed E-state index contributed by atoms with van der Waals surface area (Å²) in [5, 5.41) is 12.5. The molecule has 110 valence electrons. The Kier molecular flexibility index (Phi) is 4.28. The number of aliphatic carboxylic acids is 1. The average molecular weight is 278 g/mol. The Morgan fingerprint density at radius 2 is 2.30 bits per heavy atom. The van der Waals surface area contributed by atoms with Gasteiger partial charge in [0.05, 0.1) is 13.2 Å². The Bertz CT molecular complexity index is 494. The molecule has 1 aromatic rings. The summed E-state index contributed by atoms with van der Waals surface area (Å²) < 4.78 is 5.41. The second-order valence-corrected chi connectivity index (χ2v) is 6.40. The molecule has 5 heteroatoms. The Hall–Kier alpha value is -1.62. The fourth-order valence-electron chi connectivity index (χ4n) is 2.40. The normalized spacial score (nSPS) is 16.4. The molecule has 1 aromatic heterocycles. The highest BCUT2D eigenvalue weighted by atomic mass is 16.5. The van der Waals surface area contributed by atoms with Gasteiger partial charge in [0, 0.05) is 11.8 Å². The van der Waals surface area contributed by atoms with E-state index in [1.807, 2.05) is 26.8 Å². The highest BCUT2D eigenvalue weighted by Crippen LogP contribution is 2.26. The monoisotopic (exact) mass is 278 g/mol.